The fourth-order valence-electron chi connectivity index (χ4n) is 2.33. The first-order valence-electron chi connectivity index (χ1n) is 6.01. The van der Waals surface area contributed by atoms with Crippen LogP contribution in [0, 0.1) is 0 Å². The van der Waals surface area contributed by atoms with Gasteiger partial charge in [-0.3, -0.25) is 0 Å². The molecule has 19 heavy (non-hydrogen) atoms. The number of fused-ring (bicyclic) bond motifs is 2. The second kappa shape index (κ2) is 4.42. The van der Waals surface area contributed by atoms with Crippen molar-refractivity contribution in [2.75, 3.05) is 0 Å². The summed E-state index contributed by atoms with van der Waals surface area (Å²) < 4.78 is 4.00. The van der Waals surface area contributed by atoms with Gasteiger partial charge in [0.1, 0.15) is 0 Å². The van der Waals surface area contributed by atoms with Crippen LogP contribution < -0.4 is 5.73 Å². The van der Waals surface area contributed by atoms with Crippen molar-refractivity contribution in [2.24, 2.45) is 5.73 Å². The van der Waals surface area contributed by atoms with Crippen LogP contribution in [0.25, 0.3) is 19.5 Å². The predicted molar refractivity (Wildman–Crippen MR) is 87.6 cm³/mol. The van der Waals surface area contributed by atoms with E-state index in [1.54, 1.807) is 22.7 Å². The van der Waals surface area contributed by atoms with Gasteiger partial charge in [0.15, 0.2) is 0 Å². The third-order valence-electron chi connectivity index (χ3n) is 3.31. The Hall–Kier alpha value is -1.20. The minimum absolute atomic E-state index is 0.0132. The number of thiophene rings is 3. The van der Waals surface area contributed by atoms with Gasteiger partial charge < -0.3 is 5.73 Å². The van der Waals surface area contributed by atoms with Gasteiger partial charge in [-0.2, -0.15) is 0 Å². The van der Waals surface area contributed by atoms with E-state index in [2.05, 4.69) is 47.2 Å². The van der Waals surface area contributed by atoms with E-state index >= 15 is 0 Å². The Morgan fingerprint density at radius 3 is 2.74 bits per heavy atom. The Bertz CT molecular complexity index is 824. The first kappa shape index (κ1) is 11.6. The molecule has 4 heteroatoms. The molecule has 4 rings (SSSR count). The van der Waals surface area contributed by atoms with E-state index in [0.29, 0.717) is 0 Å². The second-order valence-electron chi connectivity index (χ2n) is 4.46. The molecule has 0 aliphatic heterocycles. The van der Waals surface area contributed by atoms with Crippen molar-refractivity contribution in [3.8, 4) is 0 Å². The summed E-state index contributed by atoms with van der Waals surface area (Å²) in [5, 5.41) is 5.62. The third-order valence-corrected chi connectivity index (χ3v) is 6.47. The number of hydrogen-bond acceptors (Lipinski definition) is 4. The highest BCUT2D eigenvalue weighted by molar-refractivity contribution is 7.27. The Morgan fingerprint density at radius 1 is 0.947 bits per heavy atom. The zero-order chi connectivity index (χ0) is 12.8. The maximum absolute atomic E-state index is 6.47. The van der Waals surface area contributed by atoms with Crippen LogP contribution in [0.1, 0.15) is 16.5 Å². The van der Waals surface area contributed by atoms with Crippen LogP contribution in [0.2, 0.25) is 0 Å². The Balaban J connectivity index is 1.84. The predicted octanol–water partition coefficient (Wildman–Crippen LogP) is 5.23. The van der Waals surface area contributed by atoms with Crippen LogP contribution in [0.5, 0.6) is 0 Å². The molecular weight excluding hydrogens is 290 g/mol. The van der Waals surface area contributed by atoms with Crippen molar-refractivity contribution in [3.05, 3.63) is 57.6 Å². The first-order chi connectivity index (χ1) is 9.33. The summed E-state index contributed by atoms with van der Waals surface area (Å²) in [6.07, 6.45) is 0. The highest BCUT2D eigenvalue weighted by Crippen LogP contribution is 2.38. The second-order valence-corrected chi connectivity index (χ2v) is 7.44. The molecule has 0 radical (unpaired) electrons. The molecule has 1 nitrogen and oxygen atoms in total. The van der Waals surface area contributed by atoms with Crippen LogP contribution in [0.15, 0.2) is 47.2 Å². The lowest BCUT2D eigenvalue weighted by Crippen LogP contribution is -2.09. The fraction of sp³-hybridized carbons (Fsp3) is 0.0667. The van der Waals surface area contributed by atoms with Gasteiger partial charge in [-0.05, 0) is 39.9 Å². The van der Waals surface area contributed by atoms with E-state index < -0.39 is 0 Å². The molecule has 0 bridgehead atoms. The van der Waals surface area contributed by atoms with Gasteiger partial charge in [0.2, 0.25) is 0 Å². The minimum atomic E-state index is -0.0132. The maximum Gasteiger partial charge on any atom is 0.0661 e. The molecule has 1 unspecified atom stereocenters. The summed E-state index contributed by atoms with van der Waals surface area (Å²) in [4.78, 5) is 1.26. The number of hydrogen-bond donors (Lipinski definition) is 1. The van der Waals surface area contributed by atoms with Crippen LogP contribution in [0.3, 0.4) is 0 Å². The van der Waals surface area contributed by atoms with Crippen molar-refractivity contribution < 1.29 is 0 Å². The highest BCUT2D eigenvalue weighted by Gasteiger charge is 2.16. The first-order valence-corrected chi connectivity index (χ1v) is 8.59. The molecule has 0 spiro atoms. The van der Waals surface area contributed by atoms with E-state index in [1.165, 1.54) is 29.9 Å². The van der Waals surface area contributed by atoms with Crippen LogP contribution in [-0.2, 0) is 0 Å². The highest BCUT2D eigenvalue weighted by atomic mass is 32.1. The normalized spacial score (nSPS) is 13.3. The van der Waals surface area contributed by atoms with E-state index in [0.717, 1.165) is 0 Å². The van der Waals surface area contributed by atoms with Crippen molar-refractivity contribution in [3.63, 3.8) is 0 Å². The van der Waals surface area contributed by atoms with Gasteiger partial charge in [0.25, 0.3) is 0 Å². The lowest BCUT2D eigenvalue weighted by atomic mass is 10.1. The van der Waals surface area contributed by atoms with E-state index in [-0.39, 0.29) is 6.04 Å². The standard InChI is InChI=1S/C15H11NS3/c16-15(14-7-13-12(19-14)5-6-17-13)10-8-18-11-4-2-1-3-9(10)11/h1-8,15H,16H2. The summed E-state index contributed by atoms with van der Waals surface area (Å²) in [5.74, 6) is 0. The summed E-state index contributed by atoms with van der Waals surface area (Å²) in [5.41, 5.74) is 7.72. The van der Waals surface area contributed by atoms with Crippen LogP contribution >= 0.6 is 34.0 Å². The van der Waals surface area contributed by atoms with Gasteiger partial charge in [-0.25, -0.2) is 0 Å². The molecule has 3 heterocycles. The van der Waals surface area contributed by atoms with Crippen molar-refractivity contribution >= 4 is 53.5 Å². The van der Waals surface area contributed by atoms with Gasteiger partial charge in [-0.15, -0.1) is 34.0 Å². The molecule has 2 N–H and O–H groups in total. The van der Waals surface area contributed by atoms with Crippen molar-refractivity contribution in [1.29, 1.82) is 0 Å². The topological polar surface area (TPSA) is 26.0 Å². The Labute approximate surface area is 122 Å². The van der Waals surface area contributed by atoms with E-state index in [1.807, 2.05) is 11.3 Å². The van der Waals surface area contributed by atoms with Crippen LogP contribution in [0.4, 0.5) is 0 Å². The average Bonchev–Trinajstić information content (AvgIpc) is 3.11. The van der Waals surface area contributed by atoms with E-state index in [9.17, 15) is 0 Å². The SMILES string of the molecule is NC(c1cc2sccc2s1)c1csc2ccccc12. The molecular formula is C15H11NS3. The zero-order valence-corrected chi connectivity index (χ0v) is 12.4. The molecule has 94 valence electrons. The molecule has 0 saturated heterocycles. The van der Waals surface area contributed by atoms with E-state index in [4.69, 9.17) is 5.73 Å². The maximum atomic E-state index is 6.47. The Morgan fingerprint density at radius 2 is 1.84 bits per heavy atom. The molecule has 0 aliphatic rings. The average molecular weight is 301 g/mol. The molecule has 0 fully saturated rings. The molecule has 1 atom stereocenters. The Kier molecular flexibility index (Phi) is 2.70. The van der Waals surface area contributed by atoms with Crippen LogP contribution in [-0.4, -0.2) is 0 Å². The van der Waals surface area contributed by atoms with Crippen molar-refractivity contribution in [1.82, 2.24) is 0 Å². The molecule has 1 aromatic carbocycles. The van der Waals surface area contributed by atoms with Gasteiger partial charge in [0, 0.05) is 19.0 Å². The minimum Gasteiger partial charge on any atom is -0.320 e. The summed E-state index contributed by atoms with van der Waals surface area (Å²) in [6, 6.07) is 12.9. The lowest BCUT2D eigenvalue weighted by Gasteiger charge is -2.08. The van der Waals surface area contributed by atoms with Gasteiger partial charge in [0.05, 0.1) is 6.04 Å². The molecule has 0 aliphatic carbocycles. The molecule has 4 aromatic rings. The van der Waals surface area contributed by atoms with Crippen molar-refractivity contribution in [2.45, 2.75) is 6.04 Å². The molecule has 0 saturated carbocycles. The summed E-state index contributed by atoms with van der Waals surface area (Å²) >= 11 is 5.37. The van der Waals surface area contributed by atoms with Gasteiger partial charge >= 0.3 is 0 Å². The quantitative estimate of drug-likeness (QED) is 0.539. The summed E-state index contributed by atoms with van der Waals surface area (Å²) in [7, 11) is 0. The third kappa shape index (κ3) is 1.83. The molecule has 3 aromatic heterocycles. The largest absolute Gasteiger partial charge is 0.320 e. The fourth-order valence-corrected chi connectivity index (χ4v) is 5.47. The lowest BCUT2D eigenvalue weighted by molar-refractivity contribution is 0.909. The number of rotatable bonds is 2. The number of benzene rings is 1. The smallest absolute Gasteiger partial charge is 0.0661 e. The molecule has 0 amide bonds. The number of nitrogens with two attached hydrogens (primary N) is 1. The zero-order valence-electron chi connectivity index (χ0n) is 10.00. The van der Waals surface area contributed by atoms with Gasteiger partial charge in [-0.1, -0.05) is 18.2 Å². The summed E-state index contributed by atoms with van der Waals surface area (Å²) in [6.45, 7) is 0. The monoisotopic (exact) mass is 301 g/mol.